The van der Waals surface area contributed by atoms with Crippen molar-refractivity contribution in [1.82, 2.24) is 15.1 Å². The van der Waals surface area contributed by atoms with E-state index in [1.807, 2.05) is 4.90 Å². The lowest BCUT2D eigenvalue weighted by Gasteiger charge is -2.42. The van der Waals surface area contributed by atoms with Gasteiger partial charge in [-0.05, 0) is 26.3 Å². The number of piperazine rings is 1. The van der Waals surface area contributed by atoms with Crippen LogP contribution in [0.15, 0.2) is 0 Å². The Morgan fingerprint density at radius 3 is 2.84 bits per heavy atom. The number of nitrogens with one attached hydrogen (secondary N) is 1. The lowest BCUT2D eigenvalue weighted by Crippen LogP contribution is -2.59. The Kier molecular flexibility index (Phi) is 4.29. The molecule has 2 heterocycles. The quantitative estimate of drug-likeness (QED) is 0.786. The Morgan fingerprint density at radius 2 is 2.16 bits per heavy atom. The maximum atomic E-state index is 12.1. The molecule has 6 heteroatoms. The minimum absolute atomic E-state index is 0.132. The zero-order valence-corrected chi connectivity index (χ0v) is 11.6. The normalized spacial score (nSPS) is 28.8. The average molecular weight is 269 g/mol. The summed E-state index contributed by atoms with van der Waals surface area (Å²) in [7, 11) is 0. The fourth-order valence-corrected chi connectivity index (χ4v) is 2.90. The Bertz CT molecular complexity index is 361. The van der Waals surface area contributed by atoms with Crippen LogP contribution in [0.25, 0.3) is 0 Å². The standard InChI is InChI=1S/C13H23N3O3/c1-9(12(17)18)6-14-13(19)16-8-11-4-3-5-15(11)7-10(16)2/h9-11H,3-8H2,1-2H3,(H,14,19)(H,17,18). The van der Waals surface area contributed by atoms with Gasteiger partial charge in [0.25, 0.3) is 0 Å². The third kappa shape index (κ3) is 3.18. The highest BCUT2D eigenvalue weighted by molar-refractivity contribution is 5.76. The maximum absolute atomic E-state index is 12.1. The molecule has 19 heavy (non-hydrogen) atoms. The van der Waals surface area contributed by atoms with E-state index in [0.717, 1.165) is 26.1 Å². The molecule has 2 fully saturated rings. The predicted molar refractivity (Wildman–Crippen MR) is 71.0 cm³/mol. The number of carbonyl (C=O) groups excluding carboxylic acids is 1. The summed E-state index contributed by atoms with van der Waals surface area (Å²) in [5, 5.41) is 11.5. The number of amides is 2. The first-order valence-corrected chi connectivity index (χ1v) is 7.00. The predicted octanol–water partition coefficient (Wildman–Crippen LogP) is 0.585. The van der Waals surface area contributed by atoms with E-state index in [0.29, 0.717) is 6.04 Å². The second kappa shape index (κ2) is 5.77. The number of carboxylic acids is 1. The van der Waals surface area contributed by atoms with Gasteiger partial charge in [0.1, 0.15) is 0 Å². The van der Waals surface area contributed by atoms with Gasteiger partial charge in [0.05, 0.1) is 5.92 Å². The van der Waals surface area contributed by atoms with Crippen LogP contribution in [-0.2, 0) is 4.79 Å². The molecule has 0 aromatic rings. The van der Waals surface area contributed by atoms with Crippen molar-refractivity contribution in [3.05, 3.63) is 0 Å². The molecule has 0 aliphatic carbocycles. The smallest absolute Gasteiger partial charge is 0.317 e. The molecule has 108 valence electrons. The van der Waals surface area contributed by atoms with E-state index in [1.165, 1.54) is 6.42 Å². The fraction of sp³-hybridized carbons (Fsp3) is 0.846. The van der Waals surface area contributed by atoms with Crippen LogP contribution in [-0.4, -0.2) is 65.2 Å². The summed E-state index contributed by atoms with van der Waals surface area (Å²) in [5.41, 5.74) is 0. The number of nitrogens with zero attached hydrogens (tertiary/aromatic N) is 2. The molecule has 0 radical (unpaired) electrons. The Balaban J connectivity index is 1.86. The minimum Gasteiger partial charge on any atom is -0.481 e. The molecule has 3 unspecified atom stereocenters. The first-order chi connectivity index (χ1) is 8.99. The van der Waals surface area contributed by atoms with Crippen LogP contribution in [0.4, 0.5) is 4.79 Å². The number of fused-ring (bicyclic) bond motifs is 1. The zero-order valence-electron chi connectivity index (χ0n) is 11.6. The molecule has 2 rings (SSSR count). The van der Waals surface area contributed by atoms with Crippen molar-refractivity contribution < 1.29 is 14.7 Å². The molecule has 2 aliphatic rings. The van der Waals surface area contributed by atoms with Crippen molar-refractivity contribution in [2.75, 3.05) is 26.2 Å². The van der Waals surface area contributed by atoms with Gasteiger partial charge in [0.2, 0.25) is 0 Å². The van der Waals surface area contributed by atoms with Crippen molar-refractivity contribution in [3.63, 3.8) is 0 Å². The molecule has 0 saturated carbocycles. The van der Waals surface area contributed by atoms with Gasteiger partial charge >= 0.3 is 12.0 Å². The van der Waals surface area contributed by atoms with Crippen LogP contribution in [0, 0.1) is 5.92 Å². The van der Waals surface area contributed by atoms with Crippen molar-refractivity contribution in [1.29, 1.82) is 0 Å². The van der Waals surface area contributed by atoms with E-state index < -0.39 is 11.9 Å². The Labute approximate surface area is 113 Å². The lowest BCUT2D eigenvalue weighted by molar-refractivity contribution is -0.140. The number of hydrogen-bond donors (Lipinski definition) is 2. The fourth-order valence-electron chi connectivity index (χ4n) is 2.90. The summed E-state index contributed by atoms with van der Waals surface area (Å²) < 4.78 is 0. The van der Waals surface area contributed by atoms with E-state index >= 15 is 0 Å². The van der Waals surface area contributed by atoms with Gasteiger partial charge in [0.15, 0.2) is 0 Å². The van der Waals surface area contributed by atoms with Crippen LogP contribution in [0.3, 0.4) is 0 Å². The number of aliphatic carboxylic acids is 1. The van der Waals surface area contributed by atoms with Gasteiger partial charge in [-0.15, -0.1) is 0 Å². The molecule has 3 atom stereocenters. The molecular weight excluding hydrogens is 246 g/mol. The van der Waals surface area contributed by atoms with Crippen molar-refractivity contribution in [2.45, 2.75) is 38.8 Å². The average Bonchev–Trinajstić information content (AvgIpc) is 2.81. The highest BCUT2D eigenvalue weighted by Gasteiger charge is 2.36. The zero-order chi connectivity index (χ0) is 14.0. The summed E-state index contributed by atoms with van der Waals surface area (Å²) in [6.45, 7) is 6.66. The summed E-state index contributed by atoms with van der Waals surface area (Å²) in [6.07, 6.45) is 2.37. The highest BCUT2D eigenvalue weighted by Crippen LogP contribution is 2.24. The minimum atomic E-state index is -0.881. The first-order valence-electron chi connectivity index (χ1n) is 7.00. The second-order valence-electron chi connectivity index (χ2n) is 5.72. The van der Waals surface area contributed by atoms with E-state index in [1.54, 1.807) is 6.92 Å². The Morgan fingerprint density at radius 1 is 1.42 bits per heavy atom. The summed E-state index contributed by atoms with van der Waals surface area (Å²) >= 11 is 0. The lowest BCUT2D eigenvalue weighted by atomic mass is 10.1. The van der Waals surface area contributed by atoms with Crippen LogP contribution >= 0.6 is 0 Å². The second-order valence-corrected chi connectivity index (χ2v) is 5.72. The molecule has 0 spiro atoms. The number of carboxylic acid groups (broad SMARTS) is 1. The number of hydrogen-bond acceptors (Lipinski definition) is 3. The molecule has 6 nitrogen and oxygen atoms in total. The van der Waals surface area contributed by atoms with E-state index in [2.05, 4.69) is 17.1 Å². The number of rotatable bonds is 3. The molecule has 0 bridgehead atoms. The van der Waals surface area contributed by atoms with Gasteiger partial charge < -0.3 is 15.3 Å². The number of urea groups is 1. The third-order valence-electron chi connectivity index (χ3n) is 4.18. The topological polar surface area (TPSA) is 72.9 Å². The van der Waals surface area contributed by atoms with Crippen molar-refractivity contribution in [3.8, 4) is 0 Å². The highest BCUT2D eigenvalue weighted by atomic mass is 16.4. The van der Waals surface area contributed by atoms with E-state index in [-0.39, 0.29) is 18.6 Å². The van der Waals surface area contributed by atoms with Gasteiger partial charge in [0, 0.05) is 31.7 Å². The number of carbonyl (C=O) groups is 2. The van der Waals surface area contributed by atoms with Crippen LogP contribution in [0.2, 0.25) is 0 Å². The van der Waals surface area contributed by atoms with Gasteiger partial charge in [-0.3, -0.25) is 9.69 Å². The van der Waals surface area contributed by atoms with E-state index in [4.69, 9.17) is 5.11 Å². The first kappa shape index (κ1) is 14.1. The largest absolute Gasteiger partial charge is 0.481 e. The molecule has 2 aliphatic heterocycles. The van der Waals surface area contributed by atoms with E-state index in [9.17, 15) is 9.59 Å². The Hall–Kier alpha value is -1.30. The SMILES string of the molecule is CC(CNC(=O)N1CC2CCCN2CC1C)C(=O)O. The molecule has 2 saturated heterocycles. The third-order valence-corrected chi connectivity index (χ3v) is 4.18. The van der Waals surface area contributed by atoms with Gasteiger partial charge in [-0.1, -0.05) is 6.92 Å². The molecule has 2 amide bonds. The molecule has 0 aromatic carbocycles. The summed E-state index contributed by atoms with van der Waals surface area (Å²) in [4.78, 5) is 27.2. The monoisotopic (exact) mass is 269 g/mol. The molecule has 2 N–H and O–H groups in total. The summed E-state index contributed by atoms with van der Waals surface area (Å²) in [5.74, 6) is -1.43. The van der Waals surface area contributed by atoms with Crippen LogP contribution in [0.1, 0.15) is 26.7 Å². The van der Waals surface area contributed by atoms with Crippen molar-refractivity contribution >= 4 is 12.0 Å². The maximum Gasteiger partial charge on any atom is 0.317 e. The molecular formula is C13H23N3O3. The van der Waals surface area contributed by atoms with Gasteiger partial charge in [-0.25, -0.2) is 4.79 Å². The molecule has 0 aromatic heterocycles. The van der Waals surface area contributed by atoms with Gasteiger partial charge in [-0.2, -0.15) is 0 Å². The van der Waals surface area contributed by atoms with Crippen LogP contribution in [0.5, 0.6) is 0 Å². The van der Waals surface area contributed by atoms with Crippen LogP contribution < -0.4 is 5.32 Å². The summed E-state index contributed by atoms with van der Waals surface area (Å²) in [6, 6.07) is 0.542. The van der Waals surface area contributed by atoms with Crippen molar-refractivity contribution in [2.24, 2.45) is 5.92 Å².